The molecule has 13 heavy (non-hydrogen) atoms. The van der Waals surface area contributed by atoms with Crippen LogP contribution in [-0.4, -0.2) is 23.2 Å². The number of hydrogen-bond acceptors (Lipinski definition) is 2. The van der Waals surface area contributed by atoms with E-state index in [0.29, 0.717) is 6.42 Å². The molecule has 0 amide bonds. The molecular weight excluding hydrogens is 166 g/mol. The third-order valence-corrected chi connectivity index (χ3v) is 1.98. The molecule has 0 saturated carbocycles. The number of aliphatic carboxylic acids is 1. The van der Waals surface area contributed by atoms with Crippen LogP contribution in [0, 0.1) is 5.41 Å². The summed E-state index contributed by atoms with van der Waals surface area (Å²) in [6, 6.07) is 0. The standard InChI is InChI=1S/C10H21NO2/c1-9(2,3)11-7-6-10(4,5)8(12)13/h11H,6-7H2,1-5H3,(H,12,13). The van der Waals surface area contributed by atoms with E-state index in [0.717, 1.165) is 6.54 Å². The highest BCUT2D eigenvalue weighted by Gasteiger charge is 2.26. The van der Waals surface area contributed by atoms with Crippen LogP contribution in [0.2, 0.25) is 0 Å². The van der Waals surface area contributed by atoms with Crippen LogP contribution in [0.25, 0.3) is 0 Å². The van der Waals surface area contributed by atoms with Gasteiger partial charge in [-0.05, 0) is 47.6 Å². The average molecular weight is 187 g/mol. The molecule has 78 valence electrons. The van der Waals surface area contributed by atoms with Gasteiger partial charge in [0.2, 0.25) is 0 Å². The van der Waals surface area contributed by atoms with E-state index in [2.05, 4.69) is 26.1 Å². The molecule has 0 aliphatic rings. The first-order chi connectivity index (χ1) is 5.65. The van der Waals surface area contributed by atoms with Gasteiger partial charge in [-0.1, -0.05) is 0 Å². The third-order valence-electron chi connectivity index (χ3n) is 1.98. The predicted octanol–water partition coefficient (Wildman–Crippen LogP) is 1.88. The van der Waals surface area contributed by atoms with Crippen LogP contribution >= 0.6 is 0 Å². The van der Waals surface area contributed by atoms with Gasteiger partial charge in [0.05, 0.1) is 5.41 Å². The van der Waals surface area contributed by atoms with Gasteiger partial charge >= 0.3 is 5.97 Å². The van der Waals surface area contributed by atoms with Crippen LogP contribution < -0.4 is 5.32 Å². The maximum Gasteiger partial charge on any atom is 0.309 e. The molecule has 0 aliphatic heterocycles. The Bertz CT molecular complexity index is 180. The van der Waals surface area contributed by atoms with Gasteiger partial charge in [-0.2, -0.15) is 0 Å². The van der Waals surface area contributed by atoms with E-state index < -0.39 is 11.4 Å². The van der Waals surface area contributed by atoms with Gasteiger partial charge in [-0.25, -0.2) is 0 Å². The number of carboxylic acids is 1. The van der Waals surface area contributed by atoms with Crippen molar-refractivity contribution in [3.05, 3.63) is 0 Å². The average Bonchev–Trinajstić information content (AvgIpc) is 1.82. The Morgan fingerprint density at radius 2 is 1.69 bits per heavy atom. The van der Waals surface area contributed by atoms with Gasteiger partial charge in [0.1, 0.15) is 0 Å². The van der Waals surface area contributed by atoms with Gasteiger partial charge in [-0.3, -0.25) is 4.79 Å². The van der Waals surface area contributed by atoms with Crippen molar-refractivity contribution in [1.82, 2.24) is 5.32 Å². The number of rotatable bonds is 4. The summed E-state index contributed by atoms with van der Waals surface area (Å²) in [5.41, 5.74) is -0.563. The van der Waals surface area contributed by atoms with Crippen molar-refractivity contribution < 1.29 is 9.90 Å². The lowest BCUT2D eigenvalue weighted by Crippen LogP contribution is -2.39. The second-order valence-corrected chi connectivity index (χ2v) is 5.12. The summed E-state index contributed by atoms with van der Waals surface area (Å²) >= 11 is 0. The molecule has 0 unspecified atom stereocenters. The summed E-state index contributed by atoms with van der Waals surface area (Å²) < 4.78 is 0. The van der Waals surface area contributed by atoms with E-state index in [9.17, 15) is 4.79 Å². The zero-order chi connectivity index (χ0) is 10.7. The molecule has 3 heteroatoms. The molecule has 0 saturated heterocycles. The van der Waals surface area contributed by atoms with Crippen molar-refractivity contribution in [3.63, 3.8) is 0 Å². The Morgan fingerprint density at radius 1 is 1.23 bits per heavy atom. The summed E-state index contributed by atoms with van der Waals surface area (Å²) in [5.74, 6) is -0.733. The van der Waals surface area contributed by atoms with Crippen molar-refractivity contribution in [2.45, 2.75) is 46.6 Å². The number of carboxylic acid groups (broad SMARTS) is 1. The zero-order valence-corrected chi connectivity index (χ0v) is 9.27. The van der Waals surface area contributed by atoms with E-state index in [1.54, 1.807) is 13.8 Å². The molecule has 0 aliphatic carbocycles. The molecule has 3 nitrogen and oxygen atoms in total. The molecule has 0 rings (SSSR count). The second-order valence-electron chi connectivity index (χ2n) is 5.12. The van der Waals surface area contributed by atoms with Gasteiger partial charge in [0.25, 0.3) is 0 Å². The molecule has 0 spiro atoms. The fourth-order valence-electron chi connectivity index (χ4n) is 0.857. The van der Waals surface area contributed by atoms with Gasteiger partial charge in [-0.15, -0.1) is 0 Å². The number of carbonyl (C=O) groups is 1. The van der Waals surface area contributed by atoms with E-state index in [-0.39, 0.29) is 5.54 Å². The molecule has 0 fully saturated rings. The Labute approximate surface area is 80.5 Å². The quantitative estimate of drug-likeness (QED) is 0.706. The molecule has 0 bridgehead atoms. The lowest BCUT2D eigenvalue weighted by atomic mass is 9.89. The largest absolute Gasteiger partial charge is 0.481 e. The minimum atomic E-state index is -0.733. The molecule has 0 aromatic carbocycles. The summed E-state index contributed by atoms with van der Waals surface area (Å²) in [6.45, 7) is 10.4. The van der Waals surface area contributed by atoms with Crippen LogP contribution in [0.5, 0.6) is 0 Å². The monoisotopic (exact) mass is 187 g/mol. The fraction of sp³-hybridized carbons (Fsp3) is 0.900. The fourth-order valence-corrected chi connectivity index (χ4v) is 0.857. The third kappa shape index (κ3) is 5.64. The second kappa shape index (κ2) is 4.09. The predicted molar refractivity (Wildman–Crippen MR) is 53.8 cm³/mol. The van der Waals surface area contributed by atoms with Crippen LogP contribution in [0.4, 0.5) is 0 Å². The van der Waals surface area contributed by atoms with E-state index in [1.807, 2.05) is 0 Å². The molecule has 0 radical (unpaired) electrons. The lowest BCUT2D eigenvalue weighted by molar-refractivity contribution is -0.147. The molecule has 0 aromatic heterocycles. The molecule has 0 aromatic rings. The maximum absolute atomic E-state index is 10.7. The van der Waals surface area contributed by atoms with Gasteiger partial charge in [0, 0.05) is 5.54 Å². The molecule has 2 N–H and O–H groups in total. The highest BCUT2D eigenvalue weighted by atomic mass is 16.4. The van der Waals surface area contributed by atoms with Crippen LogP contribution in [0.15, 0.2) is 0 Å². The smallest absolute Gasteiger partial charge is 0.309 e. The number of nitrogens with one attached hydrogen (secondary N) is 1. The Hall–Kier alpha value is -0.570. The molecular formula is C10H21NO2. The molecule has 0 atom stereocenters. The maximum atomic E-state index is 10.7. The van der Waals surface area contributed by atoms with Crippen LogP contribution in [0.3, 0.4) is 0 Å². The topological polar surface area (TPSA) is 49.3 Å². The van der Waals surface area contributed by atoms with Crippen molar-refractivity contribution in [2.24, 2.45) is 5.41 Å². The first-order valence-corrected chi connectivity index (χ1v) is 4.63. The Kier molecular flexibility index (Phi) is 3.91. The summed E-state index contributed by atoms with van der Waals surface area (Å²) in [4.78, 5) is 10.7. The summed E-state index contributed by atoms with van der Waals surface area (Å²) in [6.07, 6.45) is 0.652. The van der Waals surface area contributed by atoms with Gasteiger partial charge in [0.15, 0.2) is 0 Å². The van der Waals surface area contributed by atoms with E-state index in [1.165, 1.54) is 0 Å². The van der Waals surface area contributed by atoms with E-state index in [4.69, 9.17) is 5.11 Å². The SMILES string of the molecule is CC(C)(C)NCCC(C)(C)C(=O)O. The van der Waals surface area contributed by atoms with E-state index >= 15 is 0 Å². The Morgan fingerprint density at radius 3 is 2.00 bits per heavy atom. The van der Waals surface area contributed by atoms with Crippen molar-refractivity contribution in [3.8, 4) is 0 Å². The minimum Gasteiger partial charge on any atom is -0.481 e. The van der Waals surface area contributed by atoms with Gasteiger partial charge < -0.3 is 10.4 Å². The highest BCUT2D eigenvalue weighted by Crippen LogP contribution is 2.19. The van der Waals surface area contributed by atoms with Crippen molar-refractivity contribution in [2.75, 3.05) is 6.54 Å². The van der Waals surface area contributed by atoms with Crippen LogP contribution in [0.1, 0.15) is 41.0 Å². The van der Waals surface area contributed by atoms with Crippen molar-refractivity contribution in [1.29, 1.82) is 0 Å². The van der Waals surface area contributed by atoms with Crippen LogP contribution in [-0.2, 0) is 4.79 Å². The molecule has 0 heterocycles. The minimum absolute atomic E-state index is 0.0641. The number of hydrogen-bond donors (Lipinski definition) is 2. The van der Waals surface area contributed by atoms with Crippen molar-refractivity contribution >= 4 is 5.97 Å². The summed E-state index contributed by atoms with van der Waals surface area (Å²) in [7, 11) is 0. The zero-order valence-electron chi connectivity index (χ0n) is 9.27. The Balaban J connectivity index is 3.84. The highest BCUT2D eigenvalue weighted by molar-refractivity contribution is 5.73. The lowest BCUT2D eigenvalue weighted by Gasteiger charge is -2.24. The first kappa shape index (κ1) is 12.4. The summed E-state index contributed by atoms with van der Waals surface area (Å²) in [5, 5.41) is 12.1. The normalized spacial score (nSPS) is 13.0. The first-order valence-electron chi connectivity index (χ1n) is 4.63.